The van der Waals surface area contributed by atoms with Crippen molar-refractivity contribution >= 4 is 38.5 Å². The number of anilines is 1. The van der Waals surface area contributed by atoms with Crippen molar-refractivity contribution in [2.24, 2.45) is 0 Å². The molecule has 120 valence electrons. The Bertz CT molecular complexity index is 1190. The standard InChI is InChI=1S/C22H17N3/c1-2-8-15(9-3-1)14-23-22-20-16-10-4-6-12-18(16)24-21(20)17-11-5-7-13-19(17)25-22/h1-13,24H,14H2,(H,23,25). The molecule has 2 N–H and O–H groups in total. The molecule has 5 rings (SSSR count). The summed E-state index contributed by atoms with van der Waals surface area (Å²) in [4.78, 5) is 8.49. The molecule has 0 fully saturated rings. The lowest BCUT2D eigenvalue weighted by Crippen LogP contribution is -2.02. The maximum atomic E-state index is 4.91. The number of H-pyrrole nitrogens is 1. The molecule has 5 aromatic rings. The van der Waals surface area contributed by atoms with E-state index in [1.807, 2.05) is 12.1 Å². The van der Waals surface area contributed by atoms with Gasteiger partial charge in [-0.3, -0.25) is 0 Å². The number of fused-ring (bicyclic) bond motifs is 5. The maximum absolute atomic E-state index is 4.91. The van der Waals surface area contributed by atoms with E-state index < -0.39 is 0 Å². The summed E-state index contributed by atoms with van der Waals surface area (Å²) in [5.74, 6) is 0.926. The first kappa shape index (κ1) is 14.1. The van der Waals surface area contributed by atoms with Crippen molar-refractivity contribution in [1.29, 1.82) is 0 Å². The maximum Gasteiger partial charge on any atom is 0.137 e. The fraction of sp³-hybridized carbons (Fsp3) is 0.0455. The Hall–Kier alpha value is -3.33. The van der Waals surface area contributed by atoms with Crippen LogP contribution in [0.3, 0.4) is 0 Å². The van der Waals surface area contributed by atoms with E-state index in [-0.39, 0.29) is 0 Å². The number of aromatic amines is 1. The minimum Gasteiger partial charge on any atom is -0.365 e. The second-order valence-corrected chi connectivity index (χ2v) is 6.24. The van der Waals surface area contributed by atoms with Crippen molar-refractivity contribution < 1.29 is 0 Å². The van der Waals surface area contributed by atoms with Crippen molar-refractivity contribution in [3.8, 4) is 0 Å². The van der Waals surface area contributed by atoms with Crippen molar-refractivity contribution in [3.63, 3.8) is 0 Å². The zero-order valence-corrected chi connectivity index (χ0v) is 13.7. The summed E-state index contributed by atoms with van der Waals surface area (Å²) in [6, 6.07) is 27.1. The van der Waals surface area contributed by atoms with Crippen LogP contribution in [0.1, 0.15) is 5.56 Å². The molecule has 0 atom stereocenters. The van der Waals surface area contributed by atoms with Crippen LogP contribution in [-0.4, -0.2) is 9.97 Å². The third-order valence-electron chi connectivity index (χ3n) is 4.65. The number of benzene rings is 3. The molecule has 0 aliphatic rings. The van der Waals surface area contributed by atoms with Gasteiger partial charge in [-0.15, -0.1) is 0 Å². The summed E-state index contributed by atoms with van der Waals surface area (Å²) in [6.45, 7) is 0.751. The molecule has 0 aliphatic heterocycles. The second kappa shape index (κ2) is 5.64. The van der Waals surface area contributed by atoms with Crippen LogP contribution in [0.5, 0.6) is 0 Å². The summed E-state index contributed by atoms with van der Waals surface area (Å²) >= 11 is 0. The van der Waals surface area contributed by atoms with Crippen LogP contribution in [0, 0.1) is 0 Å². The smallest absolute Gasteiger partial charge is 0.137 e. The van der Waals surface area contributed by atoms with Gasteiger partial charge < -0.3 is 10.3 Å². The topological polar surface area (TPSA) is 40.7 Å². The molecule has 0 radical (unpaired) electrons. The monoisotopic (exact) mass is 323 g/mol. The minimum absolute atomic E-state index is 0.751. The number of para-hydroxylation sites is 2. The van der Waals surface area contributed by atoms with E-state index >= 15 is 0 Å². The molecule has 2 aromatic heterocycles. The first-order chi connectivity index (χ1) is 12.4. The molecule has 25 heavy (non-hydrogen) atoms. The van der Waals surface area contributed by atoms with Gasteiger partial charge in [-0.1, -0.05) is 66.7 Å². The van der Waals surface area contributed by atoms with Gasteiger partial charge >= 0.3 is 0 Å². The Labute approximate surface area is 145 Å². The second-order valence-electron chi connectivity index (χ2n) is 6.24. The minimum atomic E-state index is 0.751. The lowest BCUT2D eigenvalue weighted by molar-refractivity contribution is 1.13. The van der Waals surface area contributed by atoms with Crippen molar-refractivity contribution in [2.45, 2.75) is 6.54 Å². The van der Waals surface area contributed by atoms with Crippen LogP contribution in [0.4, 0.5) is 5.82 Å². The van der Waals surface area contributed by atoms with E-state index in [4.69, 9.17) is 4.98 Å². The Morgan fingerprint density at radius 3 is 2.36 bits per heavy atom. The lowest BCUT2D eigenvalue weighted by Gasteiger charge is -2.10. The molecule has 2 heterocycles. The van der Waals surface area contributed by atoms with Gasteiger partial charge in [0.2, 0.25) is 0 Å². The van der Waals surface area contributed by atoms with Gasteiger partial charge in [0, 0.05) is 22.8 Å². The van der Waals surface area contributed by atoms with E-state index in [1.54, 1.807) is 0 Å². The van der Waals surface area contributed by atoms with Crippen molar-refractivity contribution in [3.05, 3.63) is 84.4 Å². The van der Waals surface area contributed by atoms with Gasteiger partial charge in [0.15, 0.2) is 0 Å². The molecule has 0 spiro atoms. The lowest BCUT2D eigenvalue weighted by atomic mass is 10.1. The molecule has 0 aliphatic carbocycles. The van der Waals surface area contributed by atoms with Crippen LogP contribution in [-0.2, 0) is 6.54 Å². The van der Waals surface area contributed by atoms with E-state index in [0.29, 0.717) is 0 Å². The Balaban J connectivity index is 1.74. The molecule has 3 aromatic carbocycles. The van der Waals surface area contributed by atoms with Crippen LogP contribution in [0.25, 0.3) is 32.7 Å². The van der Waals surface area contributed by atoms with Gasteiger partial charge in [0.25, 0.3) is 0 Å². The first-order valence-corrected chi connectivity index (χ1v) is 8.47. The third kappa shape index (κ3) is 2.32. The van der Waals surface area contributed by atoms with Crippen LogP contribution < -0.4 is 5.32 Å². The largest absolute Gasteiger partial charge is 0.365 e. The highest BCUT2D eigenvalue weighted by atomic mass is 15.0. The fourth-order valence-electron chi connectivity index (χ4n) is 3.46. The molecule has 0 bridgehead atoms. The Morgan fingerprint density at radius 1 is 0.760 bits per heavy atom. The molecule has 0 unspecified atom stereocenters. The number of aromatic nitrogens is 2. The zero-order valence-electron chi connectivity index (χ0n) is 13.7. The molecule has 3 heteroatoms. The molecule has 3 nitrogen and oxygen atoms in total. The quantitative estimate of drug-likeness (QED) is 0.461. The summed E-state index contributed by atoms with van der Waals surface area (Å²) in [5.41, 5.74) is 4.52. The van der Waals surface area contributed by atoms with Gasteiger partial charge in [0.1, 0.15) is 5.82 Å². The average Bonchev–Trinajstić information content (AvgIpc) is 3.07. The number of nitrogens with zero attached hydrogens (tertiary/aromatic N) is 1. The summed E-state index contributed by atoms with van der Waals surface area (Å²) in [7, 11) is 0. The van der Waals surface area contributed by atoms with Gasteiger partial charge in [0.05, 0.1) is 16.4 Å². The average molecular weight is 323 g/mol. The summed E-state index contributed by atoms with van der Waals surface area (Å²) in [6.07, 6.45) is 0. The van der Waals surface area contributed by atoms with E-state index in [1.165, 1.54) is 10.9 Å². The molecule has 0 saturated heterocycles. The Kier molecular flexibility index (Phi) is 3.17. The van der Waals surface area contributed by atoms with Crippen LogP contribution in [0.2, 0.25) is 0 Å². The molecule has 0 amide bonds. The zero-order chi connectivity index (χ0) is 16.6. The SMILES string of the molecule is c1ccc(CNc2nc3ccccc3c3[nH]c4ccccc4c23)cc1. The predicted octanol–water partition coefficient (Wildman–Crippen LogP) is 5.48. The normalized spacial score (nSPS) is 11.4. The van der Waals surface area contributed by atoms with Gasteiger partial charge in [-0.05, 0) is 17.7 Å². The molecular formula is C22H17N3. The fourth-order valence-corrected chi connectivity index (χ4v) is 3.46. The highest BCUT2D eigenvalue weighted by Crippen LogP contribution is 2.35. The number of pyridine rings is 1. The number of hydrogen-bond donors (Lipinski definition) is 2. The van der Waals surface area contributed by atoms with Gasteiger partial charge in [-0.2, -0.15) is 0 Å². The summed E-state index contributed by atoms with van der Waals surface area (Å²) in [5, 5.41) is 7.05. The number of nitrogens with one attached hydrogen (secondary N) is 2. The first-order valence-electron chi connectivity index (χ1n) is 8.47. The van der Waals surface area contributed by atoms with E-state index in [0.717, 1.165) is 39.7 Å². The van der Waals surface area contributed by atoms with E-state index in [2.05, 4.69) is 77.0 Å². The van der Waals surface area contributed by atoms with Crippen LogP contribution >= 0.6 is 0 Å². The summed E-state index contributed by atoms with van der Waals surface area (Å²) < 4.78 is 0. The Morgan fingerprint density at radius 2 is 1.48 bits per heavy atom. The van der Waals surface area contributed by atoms with Gasteiger partial charge in [-0.25, -0.2) is 4.98 Å². The van der Waals surface area contributed by atoms with Crippen LogP contribution in [0.15, 0.2) is 78.9 Å². The van der Waals surface area contributed by atoms with E-state index in [9.17, 15) is 0 Å². The van der Waals surface area contributed by atoms with Crippen molar-refractivity contribution in [1.82, 2.24) is 9.97 Å². The third-order valence-corrected chi connectivity index (χ3v) is 4.65. The highest BCUT2D eigenvalue weighted by Gasteiger charge is 2.13. The molecule has 0 saturated carbocycles. The molecular weight excluding hydrogens is 306 g/mol. The highest BCUT2D eigenvalue weighted by molar-refractivity contribution is 6.20. The number of rotatable bonds is 3. The van der Waals surface area contributed by atoms with Crippen molar-refractivity contribution in [2.75, 3.05) is 5.32 Å². The predicted molar refractivity (Wildman–Crippen MR) is 105 cm³/mol. The number of hydrogen-bond acceptors (Lipinski definition) is 2.